The molecule has 6 heteroatoms. The maximum atomic E-state index is 12.0. The summed E-state index contributed by atoms with van der Waals surface area (Å²) in [5.74, 6) is 0.326. The van der Waals surface area contributed by atoms with Gasteiger partial charge in [0, 0.05) is 30.6 Å². The largest absolute Gasteiger partial charge is 0.492 e. The highest BCUT2D eigenvalue weighted by Crippen LogP contribution is 2.17. The van der Waals surface area contributed by atoms with Crippen LogP contribution in [0.25, 0.3) is 0 Å². The molecule has 0 fully saturated rings. The third-order valence-corrected chi connectivity index (χ3v) is 2.52. The first-order chi connectivity index (χ1) is 9.69. The van der Waals surface area contributed by atoms with E-state index in [0.29, 0.717) is 30.2 Å². The number of carbonyl (C=O) groups excluding carboxylic acids is 1. The van der Waals surface area contributed by atoms with E-state index in [4.69, 9.17) is 10.5 Å². The molecule has 20 heavy (non-hydrogen) atoms. The number of aromatic amines is 1. The molecule has 0 atom stereocenters. The van der Waals surface area contributed by atoms with E-state index in [2.05, 4.69) is 10.3 Å². The van der Waals surface area contributed by atoms with Crippen LogP contribution in [-0.4, -0.2) is 24.0 Å². The van der Waals surface area contributed by atoms with Crippen LogP contribution in [0.1, 0.15) is 10.4 Å². The highest BCUT2D eigenvalue weighted by Gasteiger charge is 2.06. The molecule has 1 aromatic carbocycles. The number of hydrogen-bond acceptors (Lipinski definition) is 4. The van der Waals surface area contributed by atoms with Gasteiger partial charge in [-0.2, -0.15) is 0 Å². The summed E-state index contributed by atoms with van der Waals surface area (Å²) >= 11 is 0. The second-order valence-corrected chi connectivity index (χ2v) is 4.06. The van der Waals surface area contributed by atoms with Crippen LogP contribution >= 0.6 is 0 Å². The second kappa shape index (κ2) is 6.53. The van der Waals surface area contributed by atoms with Gasteiger partial charge in [0.2, 0.25) is 5.56 Å². The third kappa shape index (κ3) is 3.69. The molecule has 0 aliphatic heterocycles. The van der Waals surface area contributed by atoms with Gasteiger partial charge in [0.15, 0.2) is 0 Å². The number of nitrogens with one attached hydrogen (secondary N) is 2. The Balaban J connectivity index is 2.07. The molecule has 0 radical (unpaired) electrons. The molecule has 2 aromatic rings. The SMILES string of the molecule is NCCOc1cccc(NC(=O)c2ccc(=O)[nH]c2)c1. The number of rotatable bonds is 5. The quantitative estimate of drug-likeness (QED) is 0.756. The standard InChI is InChI=1S/C14H15N3O3/c15-6-7-20-12-3-1-2-11(8-12)17-14(19)10-4-5-13(18)16-9-10/h1-5,8-9H,6-7,15H2,(H,16,18)(H,17,19). The fraction of sp³-hybridized carbons (Fsp3) is 0.143. The summed E-state index contributed by atoms with van der Waals surface area (Å²) in [6, 6.07) is 9.77. The van der Waals surface area contributed by atoms with Crippen molar-refractivity contribution in [2.45, 2.75) is 0 Å². The number of hydrogen-bond donors (Lipinski definition) is 3. The summed E-state index contributed by atoms with van der Waals surface area (Å²) in [6.07, 6.45) is 1.37. The van der Waals surface area contributed by atoms with Crippen LogP contribution < -0.4 is 21.3 Å². The van der Waals surface area contributed by atoms with Gasteiger partial charge < -0.3 is 20.8 Å². The maximum Gasteiger partial charge on any atom is 0.257 e. The van der Waals surface area contributed by atoms with E-state index in [1.54, 1.807) is 24.3 Å². The molecule has 0 spiro atoms. The molecule has 0 aliphatic carbocycles. The van der Waals surface area contributed by atoms with E-state index < -0.39 is 0 Å². The maximum absolute atomic E-state index is 12.0. The van der Waals surface area contributed by atoms with Gasteiger partial charge in [-0.15, -0.1) is 0 Å². The van der Waals surface area contributed by atoms with E-state index in [1.807, 2.05) is 0 Å². The first kappa shape index (κ1) is 13.8. The number of pyridine rings is 1. The molecule has 0 aliphatic rings. The van der Waals surface area contributed by atoms with Crippen molar-refractivity contribution in [3.8, 4) is 5.75 Å². The van der Waals surface area contributed by atoms with Crippen molar-refractivity contribution >= 4 is 11.6 Å². The molecule has 2 rings (SSSR count). The van der Waals surface area contributed by atoms with Crippen molar-refractivity contribution < 1.29 is 9.53 Å². The number of aromatic nitrogens is 1. The van der Waals surface area contributed by atoms with Gasteiger partial charge in [-0.05, 0) is 18.2 Å². The molecule has 0 saturated carbocycles. The Morgan fingerprint density at radius 1 is 1.30 bits per heavy atom. The van der Waals surface area contributed by atoms with Crippen molar-refractivity contribution in [3.63, 3.8) is 0 Å². The Hall–Kier alpha value is -2.60. The van der Waals surface area contributed by atoms with Crippen LogP contribution in [0.5, 0.6) is 5.75 Å². The molecule has 0 saturated heterocycles. The number of benzene rings is 1. The van der Waals surface area contributed by atoms with Gasteiger partial charge in [-0.25, -0.2) is 0 Å². The molecule has 1 aromatic heterocycles. The van der Waals surface area contributed by atoms with E-state index >= 15 is 0 Å². The minimum atomic E-state index is -0.308. The highest BCUT2D eigenvalue weighted by atomic mass is 16.5. The van der Waals surface area contributed by atoms with Crippen molar-refractivity contribution in [2.75, 3.05) is 18.5 Å². The van der Waals surface area contributed by atoms with Gasteiger partial charge in [0.25, 0.3) is 5.91 Å². The lowest BCUT2D eigenvalue weighted by Gasteiger charge is -2.08. The zero-order valence-corrected chi connectivity index (χ0v) is 10.8. The number of amides is 1. The average molecular weight is 273 g/mol. The first-order valence-corrected chi connectivity index (χ1v) is 6.12. The smallest absolute Gasteiger partial charge is 0.257 e. The molecular weight excluding hydrogens is 258 g/mol. The molecule has 1 amide bonds. The van der Waals surface area contributed by atoms with Gasteiger partial charge in [-0.1, -0.05) is 6.07 Å². The molecule has 0 unspecified atom stereocenters. The lowest BCUT2D eigenvalue weighted by Crippen LogP contribution is -2.14. The second-order valence-electron chi connectivity index (χ2n) is 4.06. The van der Waals surface area contributed by atoms with Gasteiger partial charge >= 0.3 is 0 Å². The monoisotopic (exact) mass is 273 g/mol. The molecule has 4 N–H and O–H groups in total. The van der Waals surface area contributed by atoms with Crippen LogP contribution in [0.2, 0.25) is 0 Å². The summed E-state index contributed by atoms with van der Waals surface area (Å²) in [5, 5.41) is 2.72. The average Bonchev–Trinajstić information content (AvgIpc) is 2.46. The van der Waals surface area contributed by atoms with Crippen molar-refractivity contribution in [1.82, 2.24) is 4.98 Å². The minimum absolute atomic E-state index is 0.251. The molecule has 6 nitrogen and oxygen atoms in total. The van der Waals surface area contributed by atoms with Crippen molar-refractivity contribution in [1.29, 1.82) is 0 Å². The summed E-state index contributed by atoms with van der Waals surface area (Å²) in [4.78, 5) is 25.3. The fourth-order valence-electron chi connectivity index (χ4n) is 1.60. The van der Waals surface area contributed by atoms with Gasteiger partial charge in [0.1, 0.15) is 12.4 Å². The number of anilines is 1. The van der Waals surface area contributed by atoms with Crippen molar-refractivity contribution in [2.24, 2.45) is 5.73 Å². The van der Waals surface area contributed by atoms with Crippen LogP contribution in [0.3, 0.4) is 0 Å². The Bertz CT molecular complexity index is 632. The van der Waals surface area contributed by atoms with E-state index in [9.17, 15) is 9.59 Å². The Labute approximate surface area is 115 Å². The zero-order valence-electron chi connectivity index (χ0n) is 10.8. The lowest BCUT2D eigenvalue weighted by atomic mass is 10.2. The summed E-state index contributed by atoms with van der Waals surface area (Å²) in [6.45, 7) is 0.839. The fourth-order valence-corrected chi connectivity index (χ4v) is 1.60. The number of H-pyrrole nitrogens is 1. The predicted molar refractivity (Wildman–Crippen MR) is 76.0 cm³/mol. The molecule has 104 valence electrons. The number of nitrogens with two attached hydrogens (primary N) is 1. The predicted octanol–water partition coefficient (Wildman–Crippen LogP) is 0.965. The number of ether oxygens (including phenoxy) is 1. The van der Waals surface area contributed by atoms with E-state index in [-0.39, 0.29) is 11.5 Å². The third-order valence-electron chi connectivity index (χ3n) is 2.52. The Morgan fingerprint density at radius 2 is 2.15 bits per heavy atom. The van der Waals surface area contributed by atoms with E-state index in [0.717, 1.165) is 0 Å². The van der Waals surface area contributed by atoms with E-state index in [1.165, 1.54) is 18.3 Å². The Morgan fingerprint density at radius 3 is 2.85 bits per heavy atom. The lowest BCUT2D eigenvalue weighted by molar-refractivity contribution is 0.102. The van der Waals surface area contributed by atoms with Gasteiger partial charge in [-0.3, -0.25) is 9.59 Å². The Kier molecular flexibility index (Phi) is 4.52. The molecule has 1 heterocycles. The van der Waals surface area contributed by atoms with Crippen molar-refractivity contribution in [3.05, 3.63) is 58.5 Å². The van der Waals surface area contributed by atoms with Crippen LogP contribution in [0.4, 0.5) is 5.69 Å². The number of carbonyl (C=O) groups is 1. The van der Waals surface area contributed by atoms with Crippen LogP contribution in [-0.2, 0) is 0 Å². The van der Waals surface area contributed by atoms with Crippen LogP contribution in [0.15, 0.2) is 47.4 Å². The molecular formula is C14H15N3O3. The van der Waals surface area contributed by atoms with Crippen LogP contribution in [0, 0.1) is 0 Å². The summed E-state index contributed by atoms with van der Waals surface area (Å²) in [5.41, 5.74) is 6.09. The first-order valence-electron chi connectivity index (χ1n) is 6.12. The topological polar surface area (TPSA) is 97.2 Å². The van der Waals surface area contributed by atoms with Gasteiger partial charge in [0.05, 0.1) is 5.56 Å². The summed E-state index contributed by atoms with van der Waals surface area (Å²) in [7, 11) is 0. The zero-order chi connectivity index (χ0) is 14.4. The molecule has 0 bridgehead atoms. The normalized spacial score (nSPS) is 10.1. The minimum Gasteiger partial charge on any atom is -0.492 e. The summed E-state index contributed by atoms with van der Waals surface area (Å²) < 4.78 is 5.38. The highest BCUT2D eigenvalue weighted by molar-refractivity contribution is 6.04.